The Bertz CT molecular complexity index is 113. The fraction of sp³-hybridized carbons (Fsp3) is 0.714. The Morgan fingerprint density at radius 2 is 2.00 bits per heavy atom. The number of hydrogen-bond acceptors (Lipinski definition) is 4. The first-order valence-corrected chi connectivity index (χ1v) is 3.42. The van der Waals surface area contributed by atoms with Gasteiger partial charge < -0.3 is 20.1 Å². The van der Waals surface area contributed by atoms with E-state index in [4.69, 9.17) is 20.1 Å². The van der Waals surface area contributed by atoms with Gasteiger partial charge in [-0.15, -0.1) is 0 Å². The van der Waals surface area contributed by atoms with E-state index in [2.05, 4.69) is 0 Å². The SMILES string of the molecule is C/C=C\OC(CO)[C@H](O)CO. The fourth-order valence-electron chi connectivity index (χ4n) is 0.552. The molecule has 0 aromatic carbocycles. The molecule has 0 aliphatic rings. The standard InChI is InChI=1S/C7H14O4/c1-2-3-11-7(5-9)6(10)4-8/h2-3,6-10H,4-5H2,1H3/b3-2-/t6-,7?/m1/s1. The summed E-state index contributed by atoms with van der Waals surface area (Å²) in [4.78, 5) is 0. The van der Waals surface area contributed by atoms with Crippen LogP contribution in [0.2, 0.25) is 0 Å². The average Bonchev–Trinajstić information content (AvgIpc) is 2.05. The molecule has 66 valence electrons. The lowest BCUT2D eigenvalue weighted by molar-refractivity contribution is -0.0458. The van der Waals surface area contributed by atoms with Crippen LogP contribution in [0.15, 0.2) is 12.3 Å². The van der Waals surface area contributed by atoms with Gasteiger partial charge in [0.2, 0.25) is 0 Å². The second-order valence-corrected chi connectivity index (χ2v) is 2.08. The molecular weight excluding hydrogens is 148 g/mol. The third-order valence-corrected chi connectivity index (χ3v) is 1.19. The molecule has 11 heavy (non-hydrogen) atoms. The normalized spacial score (nSPS) is 16.7. The highest BCUT2D eigenvalue weighted by atomic mass is 16.5. The Hall–Kier alpha value is -0.580. The Balaban J connectivity index is 3.74. The summed E-state index contributed by atoms with van der Waals surface area (Å²) in [7, 11) is 0. The van der Waals surface area contributed by atoms with E-state index in [0.717, 1.165) is 0 Å². The van der Waals surface area contributed by atoms with Crippen LogP contribution in [0.3, 0.4) is 0 Å². The summed E-state index contributed by atoms with van der Waals surface area (Å²) >= 11 is 0. The van der Waals surface area contributed by atoms with Gasteiger partial charge in [0.15, 0.2) is 0 Å². The quantitative estimate of drug-likeness (QED) is 0.465. The van der Waals surface area contributed by atoms with E-state index in [9.17, 15) is 0 Å². The zero-order valence-corrected chi connectivity index (χ0v) is 6.47. The lowest BCUT2D eigenvalue weighted by Crippen LogP contribution is -2.33. The van der Waals surface area contributed by atoms with Gasteiger partial charge in [0.05, 0.1) is 19.5 Å². The van der Waals surface area contributed by atoms with Crippen LogP contribution < -0.4 is 0 Å². The third-order valence-electron chi connectivity index (χ3n) is 1.19. The minimum absolute atomic E-state index is 0.313. The van der Waals surface area contributed by atoms with Gasteiger partial charge in [0.1, 0.15) is 12.2 Å². The number of rotatable bonds is 5. The van der Waals surface area contributed by atoms with Crippen molar-refractivity contribution in [3.05, 3.63) is 12.3 Å². The van der Waals surface area contributed by atoms with Crippen LogP contribution in [0.1, 0.15) is 6.92 Å². The average molecular weight is 162 g/mol. The molecule has 0 heterocycles. The number of aliphatic hydroxyl groups excluding tert-OH is 3. The van der Waals surface area contributed by atoms with E-state index >= 15 is 0 Å². The fourth-order valence-corrected chi connectivity index (χ4v) is 0.552. The summed E-state index contributed by atoms with van der Waals surface area (Å²) in [6.07, 6.45) is 1.22. The van der Waals surface area contributed by atoms with Crippen molar-refractivity contribution >= 4 is 0 Å². The molecule has 0 saturated heterocycles. The van der Waals surface area contributed by atoms with Crippen LogP contribution in [-0.2, 0) is 4.74 Å². The number of ether oxygens (including phenoxy) is 1. The largest absolute Gasteiger partial charge is 0.493 e. The maximum Gasteiger partial charge on any atom is 0.149 e. The summed E-state index contributed by atoms with van der Waals surface area (Å²) in [6, 6.07) is 0. The minimum atomic E-state index is -1.03. The summed E-state index contributed by atoms with van der Waals surface area (Å²) in [5.74, 6) is 0. The van der Waals surface area contributed by atoms with Crippen molar-refractivity contribution in [3.63, 3.8) is 0 Å². The lowest BCUT2D eigenvalue weighted by Gasteiger charge is -2.17. The van der Waals surface area contributed by atoms with Gasteiger partial charge in [-0.2, -0.15) is 0 Å². The molecule has 0 aromatic heterocycles. The zero-order valence-electron chi connectivity index (χ0n) is 6.47. The molecule has 4 nitrogen and oxygen atoms in total. The Morgan fingerprint density at radius 3 is 2.36 bits per heavy atom. The summed E-state index contributed by atoms with van der Waals surface area (Å²) < 4.78 is 4.85. The van der Waals surface area contributed by atoms with Crippen LogP contribution in [0.5, 0.6) is 0 Å². The Kier molecular flexibility index (Phi) is 5.83. The molecule has 0 aliphatic carbocycles. The Morgan fingerprint density at radius 1 is 1.36 bits per heavy atom. The van der Waals surface area contributed by atoms with Gasteiger partial charge in [-0.25, -0.2) is 0 Å². The highest BCUT2D eigenvalue weighted by Gasteiger charge is 2.16. The van der Waals surface area contributed by atoms with Crippen molar-refractivity contribution in [2.45, 2.75) is 19.1 Å². The molecule has 0 rings (SSSR count). The molecule has 0 saturated carbocycles. The molecular formula is C7H14O4. The zero-order chi connectivity index (χ0) is 8.69. The molecule has 0 spiro atoms. The van der Waals surface area contributed by atoms with Gasteiger partial charge >= 0.3 is 0 Å². The monoisotopic (exact) mass is 162 g/mol. The van der Waals surface area contributed by atoms with Crippen LogP contribution in [0.4, 0.5) is 0 Å². The van der Waals surface area contributed by atoms with Crippen LogP contribution >= 0.6 is 0 Å². The predicted molar refractivity (Wildman–Crippen MR) is 39.9 cm³/mol. The second-order valence-electron chi connectivity index (χ2n) is 2.08. The van der Waals surface area contributed by atoms with Crippen molar-refractivity contribution in [2.24, 2.45) is 0 Å². The molecule has 2 atom stereocenters. The lowest BCUT2D eigenvalue weighted by atomic mass is 10.2. The van der Waals surface area contributed by atoms with E-state index in [-0.39, 0.29) is 6.61 Å². The molecule has 0 fully saturated rings. The van der Waals surface area contributed by atoms with Gasteiger partial charge in [-0.1, -0.05) is 6.08 Å². The third kappa shape index (κ3) is 3.98. The minimum Gasteiger partial charge on any atom is -0.493 e. The van der Waals surface area contributed by atoms with Crippen molar-refractivity contribution in [1.82, 2.24) is 0 Å². The highest BCUT2D eigenvalue weighted by molar-refractivity contribution is 4.73. The maximum absolute atomic E-state index is 8.98. The van der Waals surface area contributed by atoms with Crippen molar-refractivity contribution in [3.8, 4) is 0 Å². The molecule has 3 N–H and O–H groups in total. The molecule has 1 unspecified atom stereocenters. The van der Waals surface area contributed by atoms with Crippen LogP contribution in [0.25, 0.3) is 0 Å². The highest BCUT2D eigenvalue weighted by Crippen LogP contribution is 1.98. The predicted octanol–water partition coefficient (Wildman–Crippen LogP) is -0.749. The van der Waals surface area contributed by atoms with Crippen LogP contribution in [-0.4, -0.2) is 40.7 Å². The number of aliphatic hydroxyl groups is 3. The first-order valence-electron chi connectivity index (χ1n) is 3.42. The van der Waals surface area contributed by atoms with Crippen molar-refractivity contribution in [2.75, 3.05) is 13.2 Å². The summed E-state index contributed by atoms with van der Waals surface area (Å²) in [5.41, 5.74) is 0. The van der Waals surface area contributed by atoms with Gasteiger partial charge in [-0.05, 0) is 6.92 Å². The van der Waals surface area contributed by atoms with Crippen molar-refractivity contribution < 1.29 is 20.1 Å². The summed E-state index contributed by atoms with van der Waals surface area (Å²) in [5, 5.41) is 26.1. The van der Waals surface area contributed by atoms with Gasteiger partial charge in [0.25, 0.3) is 0 Å². The number of hydrogen-bond donors (Lipinski definition) is 3. The Labute approximate surface area is 65.7 Å². The smallest absolute Gasteiger partial charge is 0.149 e. The second kappa shape index (κ2) is 6.15. The van der Waals surface area contributed by atoms with Gasteiger partial charge in [0, 0.05) is 0 Å². The molecule has 0 aliphatic heterocycles. The first-order chi connectivity index (χ1) is 5.26. The summed E-state index contributed by atoms with van der Waals surface area (Å²) in [6.45, 7) is 1.02. The first kappa shape index (κ1) is 10.4. The van der Waals surface area contributed by atoms with E-state index in [1.54, 1.807) is 13.0 Å². The van der Waals surface area contributed by atoms with E-state index in [1.165, 1.54) is 6.26 Å². The van der Waals surface area contributed by atoms with Gasteiger partial charge in [-0.3, -0.25) is 0 Å². The van der Waals surface area contributed by atoms with Crippen molar-refractivity contribution in [1.29, 1.82) is 0 Å². The molecule has 0 radical (unpaired) electrons. The molecule has 0 bridgehead atoms. The topological polar surface area (TPSA) is 69.9 Å². The van der Waals surface area contributed by atoms with Crippen LogP contribution in [0, 0.1) is 0 Å². The molecule has 0 aromatic rings. The van der Waals surface area contributed by atoms with E-state index in [0.29, 0.717) is 0 Å². The number of allylic oxidation sites excluding steroid dienone is 1. The molecule has 0 amide bonds. The van der Waals surface area contributed by atoms with E-state index in [1.807, 2.05) is 0 Å². The molecule has 4 heteroatoms. The maximum atomic E-state index is 8.98. The van der Waals surface area contributed by atoms with E-state index < -0.39 is 18.8 Å².